The van der Waals surface area contributed by atoms with Gasteiger partial charge in [0.25, 0.3) is 0 Å². The van der Waals surface area contributed by atoms with Crippen LogP contribution >= 0.6 is 0 Å². The summed E-state index contributed by atoms with van der Waals surface area (Å²) in [6.45, 7) is 8.38. The standard InChI is InChI=1S/C20H30O2/c1-15(2)19-13-7-12-18(14-19)11-6-9-16(3)8-5-10-17(4)20(21)22/h7,9,12-15,17H,5-6,8,10-11H2,1-4H3,(H,21,22)/b16-9+. The van der Waals surface area contributed by atoms with Crippen molar-refractivity contribution in [3.63, 3.8) is 0 Å². The zero-order valence-electron chi connectivity index (χ0n) is 14.4. The van der Waals surface area contributed by atoms with Gasteiger partial charge in [-0.25, -0.2) is 0 Å². The van der Waals surface area contributed by atoms with Gasteiger partial charge in [0.2, 0.25) is 0 Å². The van der Waals surface area contributed by atoms with Crippen molar-refractivity contribution in [2.45, 2.75) is 65.7 Å². The minimum atomic E-state index is -0.688. The predicted molar refractivity (Wildman–Crippen MR) is 93.3 cm³/mol. The molecule has 22 heavy (non-hydrogen) atoms. The van der Waals surface area contributed by atoms with Crippen molar-refractivity contribution in [2.24, 2.45) is 5.92 Å². The van der Waals surface area contributed by atoms with E-state index in [1.165, 1.54) is 16.7 Å². The zero-order chi connectivity index (χ0) is 16.5. The van der Waals surface area contributed by atoms with Crippen LogP contribution in [0.5, 0.6) is 0 Å². The first-order valence-electron chi connectivity index (χ1n) is 8.37. The number of hydrogen-bond donors (Lipinski definition) is 1. The van der Waals surface area contributed by atoms with Gasteiger partial charge in [-0.15, -0.1) is 0 Å². The van der Waals surface area contributed by atoms with Crippen LogP contribution in [0.1, 0.15) is 70.4 Å². The lowest BCUT2D eigenvalue weighted by molar-refractivity contribution is -0.141. The summed E-state index contributed by atoms with van der Waals surface area (Å²) in [6, 6.07) is 8.85. The van der Waals surface area contributed by atoms with Crippen molar-refractivity contribution in [3.05, 3.63) is 47.0 Å². The minimum Gasteiger partial charge on any atom is -0.481 e. The highest BCUT2D eigenvalue weighted by atomic mass is 16.4. The summed E-state index contributed by atoms with van der Waals surface area (Å²) in [7, 11) is 0. The molecule has 122 valence electrons. The molecule has 1 unspecified atom stereocenters. The maximum absolute atomic E-state index is 10.8. The highest BCUT2D eigenvalue weighted by molar-refractivity contribution is 5.69. The topological polar surface area (TPSA) is 37.3 Å². The molecule has 1 aromatic rings. The van der Waals surface area contributed by atoms with Crippen LogP contribution in [0.3, 0.4) is 0 Å². The molecule has 1 N–H and O–H groups in total. The normalized spacial score (nSPS) is 13.4. The van der Waals surface area contributed by atoms with Gasteiger partial charge in [-0.1, -0.05) is 56.7 Å². The Labute approximate surface area is 135 Å². The van der Waals surface area contributed by atoms with Crippen molar-refractivity contribution in [3.8, 4) is 0 Å². The average molecular weight is 302 g/mol. The van der Waals surface area contributed by atoms with E-state index >= 15 is 0 Å². The van der Waals surface area contributed by atoms with Crippen LogP contribution in [-0.4, -0.2) is 11.1 Å². The third-order valence-electron chi connectivity index (χ3n) is 4.17. The van der Waals surface area contributed by atoms with Crippen LogP contribution in [0, 0.1) is 5.92 Å². The van der Waals surface area contributed by atoms with E-state index in [1.54, 1.807) is 6.92 Å². The molecule has 1 atom stereocenters. The molecule has 0 aromatic heterocycles. The maximum atomic E-state index is 10.8. The van der Waals surface area contributed by atoms with E-state index in [0.717, 1.165) is 32.1 Å². The Morgan fingerprint density at radius 1 is 1.27 bits per heavy atom. The molecule has 0 fully saturated rings. The van der Waals surface area contributed by atoms with Gasteiger partial charge in [-0.2, -0.15) is 0 Å². The van der Waals surface area contributed by atoms with Crippen LogP contribution in [0.15, 0.2) is 35.9 Å². The fourth-order valence-electron chi connectivity index (χ4n) is 2.51. The molecule has 0 radical (unpaired) electrons. The SMILES string of the molecule is C/C(=C\CCc1cccc(C(C)C)c1)CCCC(C)C(=O)O. The summed E-state index contributed by atoms with van der Waals surface area (Å²) in [5.74, 6) is -0.341. The number of carboxylic acids is 1. The van der Waals surface area contributed by atoms with Crippen LogP contribution in [0.4, 0.5) is 0 Å². The van der Waals surface area contributed by atoms with E-state index in [2.05, 4.69) is 51.1 Å². The molecule has 0 aliphatic rings. The first-order valence-corrected chi connectivity index (χ1v) is 8.37. The maximum Gasteiger partial charge on any atom is 0.306 e. The van der Waals surface area contributed by atoms with Crippen molar-refractivity contribution >= 4 is 5.97 Å². The number of carboxylic acid groups (broad SMARTS) is 1. The lowest BCUT2D eigenvalue weighted by Gasteiger charge is -2.08. The Bertz CT molecular complexity index is 500. The van der Waals surface area contributed by atoms with Crippen LogP contribution in [0.25, 0.3) is 0 Å². The van der Waals surface area contributed by atoms with Gasteiger partial charge in [0.15, 0.2) is 0 Å². The molecule has 0 heterocycles. The van der Waals surface area contributed by atoms with Crippen molar-refractivity contribution in [1.29, 1.82) is 0 Å². The van der Waals surface area contributed by atoms with Crippen molar-refractivity contribution < 1.29 is 9.90 Å². The molecular weight excluding hydrogens is 272 g/mol. The first kappa shape index (κ1) is 18.5. The molecular formula is C20H30O2. The summed E-state index contributed by atoms with van der Waals surface area (Å²) < 4.78 is 0. The van der Waals surface area contributed by atoms with Gasteiger partial charge < -0.3 is 5.11 Å². The van der Waals surface area contributed by atoms with E-state index in [9.17, 15) is 4.79 Å². The summed E-state index contributed by atoms with van der Waals surface area (Å²) in [5, 5.41) is 8.86. The number of aliphatic carboxylic acids is 1. The third kappa shape index (κ3) is 6.93. The van der Waals surface area contributed by atoms with Crippen molar-refractivity contribution in [2.75, 3.05) is 0 Å². The minimum absolute atomic E-state index is 0.230. The highest BCUT2D eigenvalue weighted by Gasteiger charge is 2.09. The van der Waals surface area contributed by atoms with E-state index in [1.807, 2.05) is 0 Å². The van der Waals surface area contributed by atoms with E-state index in [-0.39, 0.29) is 5.92 Å². The Hall–Kier alpha value is -1.57. The fraction of sp³-hybridized carbons (Fsp3) is 0.550. The molecule has 2 nitrogen and oxygen atoms in total. The zero-order valence-corrected chi connectivity index (χ0v) is 14.4. The fourth-order valence-corrected chi connectivity index (χ4v) is 2.51. The number of hydrogen-bond acceptors (Lipinski definition) is 1. The Kier molecular flexibility index (Phi) is 7.94. The van der Waals surface area contributed by atoms with Crippen LogP contribution < -0.4 is 0 Å². The largest absolute Gasteiger partial charge is 0.481 e. The number of allylic oxidation sites excluding steroid dienone is 2. The first-order chi connectivity index (χ1) is 10.4. The molecule has 0 saturated heterocycles. The summed E-state index contributed by atoms with van der Waals surface area (Å²) in [6.07, 6.45) is 7.15. The molecule has 0 aliphatic carbocycles. The van der Waals surface area contributed by atoms with Gasteiger partial charge in [0, 0.05) is 0 Å². The van der Waals surface area contributed by atoms with Gasteiger partial charge >= 0.3 is 5.97 Å². The lowest BCUT2D eigenvalue weighted by Crippen LogP contribution is -2.08. The highest BCUT2D eigenvalue weighted by Crippen LogP contribution is 2.17. The van der Waals surface area contributed by atoms with Gasteiger partial charge in [0.05, 0.1) is 5.92 Å². The van der Waals surface area contributed by atoms with Gasteiger partial charge in [0.1, 0.15) is 0 Å². The van der Waals surface area contributed by atoms with E-state index in [0.29, 0.717) is 5.92 Å². The number of carbonyl (C=O) groups is 1. The number of aryl methyl sites for hydroxylation is 1. The lowest BCUT2D eigenvalue weighted by atomic mass is 9.98. The molecule has 0 spiro atoms. The Morgan fingerprint density at radius 3 is 2.64 bits per heavy atom. The van der Waals surface area contributed by atoms with E-state index in [4.69, 9.17) is 5.11 Å². The molecule has 0 bridgehead atoms. The summed E-state index contributed by atoms with van der Waals surface area (Å²) >= 11 is 0. The Morgan fingerprint density at radius 2 is 2.00 bits per heavy atom. The van der Waals surface area contributed by atoms with Crippen LogP contribution in [0.2, 0.25) is 0 Å². The average Bonchev–Trinajstić information content (AvgIpc) is 2.47. The number of benzene rings is 1. The van der Waals surface area contributed by atoms with Gasteiger partial charge in [-0.3, -0.25) is 4.79 Å². The molecule has 0 saturated carbocycles. The van der Waals surface area contributed by atoms with E-state index < -0.39 is 5.97 Å². The van der Waals surface area contributed by atoms with Crippen LogP contribution in [-0.2, 0) is 11.2 Å². The molecule has 1 aromatic carbocycles. The summed E-state index contributed by atoms with van der Waals surface area (Å²) in [4.78, 5) is 10.8. The molecule has 1 rings (SSSR count). The van der Waals surface area contributed by atoms with Crippen molar-refractivity contribution in [1.82, 2.24) is 0 Å². The third-order valence-corrected chi connectivity index (χ3v) is 4.17. The molecule has 0 aliphatic heterocycles. The number of rotatable bonds is 9. The van der Waals surface area contributed by atoms with Gasteiger partial charge in [-0.05, 0) is 56.1 Å². The summed E-state index contributed by atoms with van der Waals surface area (Å²) in [5.41, 5.74) is 4.17. The predicted octanol–water partition coefficient (Wildman–Crippen LogP) is 5.58. The quantitative estimate of drug-likeness (QED) is 0.605. The Balaban J connectivity index is 2.35. The molecule has 0 amide bonds. The monoisotopic (exact) mass is 302 g/mol. The second-order valence-corrected chi connectivity index (χ2v) is 6.62. The molecule has 2 heteroatoms. The second kappa shape index (κ2) is 9.45. The smallest absolute Gasteiger partial charge is 0.306 e. The second-order valence-electron chi connectivity index (χ2n) is 6.62.